The SMILES string of the molecule is CN(Cc1c[nH]c2ccccc12)C(=O)C=Cc1ccc(N)nc1. The molecule has 0 unspecified atom stereocenters. The fraction of sp³-hybridized carbons (Fsp3) is 0.111. The number of H-pyrrole nitrogens is 1. The van der Waals surface area contributed by atoms with Gasteiger partial charge in [-0.25, -0.2) is 4.98 Å². The number of para-hydroxylation sites is 1. The number of amides is 1. The molecule has 3 rings (SSSR count). The predicted octanol–water partition coefficient (Wildman–Crippen LogP) is 2.82. The van der Waals surface area contributed by atoms with Gasteiger partial charge in [0.05, 0.1) is 0 Å². The molecule has 3 aromatic rings. The van der Waals surface area contributed by atoms with E-state index in [0.717, 1.165) is 22.0 Å². The van der Waals surface area contributed by atoms with Gasteiger partial charge in [-0.15, -0.1) is 0 Å². The number of fused-ring (bicyclic) bond motifs is 1. The number of hydrogen-bond donors (Lipinski definition) is 2. The summed E-state index contributed by atoms with van der Waals surface area (Å²) in [5.41, 5.74) is 8.55. The van der Waals surface area contributed by atoms with Gasteiger partial charge in [0, 0.05) is 43.0 Å². The highest BCUT2D eigenvalue weighted by molar-refractivity contribution is 5.92. The van der Waals surface area contributed by atoms with Gasteiger partial charge in [0.15, 0.2) is 0 Å². The molecule has 0 aliphatic carbocycles. The van der Waals surface area contributed by atoms with Crippen LogP contribution in [0.15, 0.2) is 54.9 Å². The maximum absolute atomic E-state index is 12.2. The van der Waals surface area contributed by atoms with Crippen molar-refractivity contribution in [1.29, 1.82) is 0 Å². The van der Waals surface area contributed by atoms with Crippen LogP contribution < -0.4 is 5.73 Å². The smallest absolute Gasteiger partial charge is 0.246 e. The van der Waals surface area contributed by atoms with Crippen LogP contribution in [0, 0.1) is 0 Å². The lowest BCUT2D eigenvalue weighted by molar-refractivity contribution is -0.125. The summed E-state index contributed by atoms with van der Waals surface area (Å²) < 4.78 is 0. The van der Waals surface area contributed by atoms with Crippen LogP contribution in [0.3, 0.4) is 0 Å². The molecule has 3 N–H and O–H groups in total. The molecule has 0 saturated carbocycles. The zero-order valence-electron chi connectivity index (χ0n) is 12.9. The van der Waals surface area contributed by atoms with Gasteiger partial charge in [0.25, 0.3) is 0 Å². The minimum Gasteiger partial charge on any atom is -0.384 e. The maximum Gasteiger partial charge on any atom is 0.246 e. The minimum absolute atomic E-state index is 0.0629. The molecule has 116 valence electrons. The number of nitrogens with one attached hydrogen (secondary N) is 1. The molecular weight excluding hydrogens is 288 g/mol. The lowest BCUT2D eigenvalue weighted by atomic mass is 10.1. The van der Waals surface area contributed by atoms with Crippen molar-refractivity contribution in [2.24, 2.45) is 0 Å². The highest BCUT2D eigenvalue weighted by atomic mass is 16.2. The van der Waals surface area contributed by atoms with E-state index in [0.29, 0.717) is 12.4 Å². The summed E-state index contributed by atoms with van der Waals surface area (Å²) in [5, 5.41) is 1.14. The van der Waals surface area contributed by atoms with Crippen LogP contribution in [0.2, 0.25) is 0 Å². The lowest BCUT2D eigenvalue weighted by Crippen LogP contribution is -2.23. The largest absolute Gasteiger partial charge is 0.384 e. The third-order valence-electron chi connectivity index (χ3n) is 3.69. The summed E-state index contributed by atoms with van der Waals surface area (Å²) in [5.74, 6) is 0.400. The van der Waals surface area contributed by atoms with Gasteiger partial charge < -0.3 is 15.6 Å². The standard InChI is InChI=1S/C18H18N4O/c1-22(12-14-11-20-16-5-3-2-4-15(14)16)18(23)9-7-13-6-8-17(19)21-10-13/h2-11,20H,12H2,1H3,(H2,19,21). The van der Waals surface area contributed by atoms with E-state index in [1.54, 1.807) is 36.4 Å². The summed E-state index contributed by atoms with van der Waals surface area (Å²) in [4.78, 5) is 21.1. The lowest BCUT2D eigenvalue weighted by Gasteiger charge is -2.14. The van der Waals surface area contributed by atoms with Crippen molar-refractivity contribution in [3.05, 3.63) is 66.0 Å². The number of pyridine rings is 1. The Labute approximate surface area is 134 Å². The summed E-state index contributed by atoms with van der Waals surface area (Å²) in [7, 11) is 1.79. The first-order valence-electron chi connectivity index (χ1n) is 7.33. The first-order chi connectivity index (χ1) is 11.1. The number of carbonyl (C=O) groups excluding carboxylic acids is 1. The van der Waals surface area contributed by atoms with Crippen LogP contribution in [-0.4, -0.2) is 27.8 Å². The molecule has 5 heteroatoms. The van der Waals surface area contributed by atoms with Gasteiger partial charge in [-0.05, 0) is 35.4 Å². The van der Waals surface area contributed by atoms with Crippen molar-refractivity contribution >= 4 is 28.7 Å². The first-order valence-corrected chi connectivity index (χ1v) is 7.33. The van der Waals surface area contributed by atoms with E-state index >= 15 is 0 Å². The van der Waals surface area contributed by atoms with Gasteiger partial charge >= 0.3 is 0 Å². The third-order valence-corrected chi connectivity index (χ3v) is 3.69. The summed E-state index contributed by atoms with van der Waals surface area (Å²) in [6.07, 6.45) is 6.86. The highest BCUT2D eigenvalue weighted by Gasteiger charge is 2.09. The number of benzene rings is 1. The van der Waals surface area contributed by atoms with Crippen LogP contribution in [0.25, 0.3) is 17.0 Å². The van der Waals surface area contributed by atoms with Crippen LogP contribution in [0.5, 0.6) is 0 Å². The Balaban J connectivity index is 1.69. The van der Waals surface area contributed by atoms with E-state index in [1.807, 2.05) is 30.5 Å². The van der Waals surface area contributed by atoms with Crippen LogP contribution in [0.4, 0.5) is 5.82 Å². The molecule has 0 spiro atoms. The van der Waals surface area contributed by atoms with Crippen molar-refractivity contribution in [1.82, 2.24) is 14.9 Å². The molecule has 0 radical (unpaired) electrons. The van der Waals surface area contributed by atoms with Crippen molar-refractivity contribution in [3.63, 3.8) is 0 Å². The number of carbonyl (C=O) groups is 1. The number of rotatable bonds is 4. The number of nitrogen functional groups attached to an aromatic ring is 1. The van der Waals surface area contributed by atoms with E-state index in [-0.39, 0.29) is 5.91 Å². The molecule has 0 saturated heterocycles. The second-order valence-corrected chi connectivity index (χ2v) is 5.40. The second kappa shape index (κ2) is 6.36. The molecule has 0 fully saturated rings. The molecular formula is C18H18N4O. The van der Waals surface area contributed by atoms with Crippen LogP contribution >= 0.6 is 0 Å². The third kappa shape index (κ3) is 3.40. The Bertz CT molecular complexity index is 849. The summed E-state index contributed by atoms with van der Waals surface area (Å²) >= 11 is 0. The Morgan fingerprint density at radius 1 is 1.30 bits per heavy atom. The van der Waals surface area contributed by atoms with Gasteiger partial charge in [0.2, 0.25) is 5.91 Å². The quantitative estimate of drug-likeness (QED) is 0.728. The van der Waals surface area contributed by atoms with Gasteiger partial charge in [-0.2, -0.15) is 0 Å². The number of anilines is 1. The van der Waals surface area contributed by atoms with E-state index in [2.05, 4.69) is 16.0 Å². The average molecular weight is 306 g/mol. The number of aromatic nitrogens is 2. The zero-order valence-corrected chi connectivity index (χ0v) is 12.9. The molecule has 2 aromatic heterocycles. The number of nitrogens with zero attached hydrogens (tertiary/aromatic N) is 2. The van der Waals surface area contributed by atoms with Gasteiger partial charge in [-0.3, -0.25) is 4.79 Å². The Hall–Kier alpha value is -3.08. The van der Waals surface area contributed by atoms with Crippen molar-refractivity contribution < 1.29 is 4.79 Å². The fourth-order valence-electron chi connectivity index (χ4n) is 2.41. The predicted molar refractivity (Wildman–Crippen MR) is 92.5 cm³/mol. The molecule has 2 heterocycles. The van der Waals surface area contributed by atoms with E-state index in [4.69, 9.17) is 5.73 Å². The number of likely N-dealkylation sites (N-methyl/N-ethyl adjacent to an activating group) is 1. The fourth-order valence-corrected chi connectivity index (χ4v) is 2.41. The molecule has 0 atom stereocenters. The Morgan fingerprint density at radius 2 is 2.13 bits per heavy atom. The molecule has 5 nitrogen and oxygen atoms in total. The number of nitrogens with two attached hydrogens (primary N) is 1. The second-order valence-electron chi connectivity index (χ2n) is 5.40. The van der Waals surface area contributed by atoms with Crippen molar-refractivity contribution in [3.8, 4) is 0 Å². The molecule has 1 aromatic carbocycles. The minimum atomic E-state index is -0.0629. The van der Waals surface area contributed by atoms with Crippen LogP contribution in [0.1, 0.15) is 11.1 Å². The summed E-state index contributed by atoms with van der Waals surface area (Å²) in [6.45, 7) is 0.549. The monoisotopic (exact) mass is 306 g/mol. The molecule has 0 aliphatic rings. The van der Waals surface area contributed by atoms with E-state index in [9.17, 15) is 4.79 Å². The van der Waals surface area contributed by atoms with Gasteiger partial charge in [0.1, 0.15) is 5.82 Å². The Kier molecular flexibility index (Phi) is 4.10. The first kappa shape index (κ1) is 14.8. The van der Waals surface area contributed by atoms with Crippen LogP contribution in [-0.2, 0) is 11.3 Å². The normalized spacial score (nSPS) is 11.2. The highest BCUT2D eigenvalue weighted by Crippen LogP contribution is 2.19. The molecule has 1 amide bonds. The van der Waals surface area contributed by atoms with Crippen molar-refractivity contribution in [2.75, 3.05) is 12.8 Å². The topological polar surface area (TPSA) is 75.0 Å². The van der Waals surface area contributed by atoms with Crippen molar-refractivity contribution in [2.45, 2.75) is 6.54 Å². The van der Waals surface area contributed by atoms with Gasteiger partial charge in [-0.1, -0.05) is 18.2 Å². The van der Waals surface area contributed by atoms with E-state index in [1.165, 1.54) is 0 Å². The van der Waals surface area contributed by atoms with E-state index < -0.39 is 0 Å². The average Bonchev–Trinajstić information content (AvgIpc) is 2.97. The molecule has 0 bridgehead atoms. The Morgan fingerprint density at radius 3 is 2.91 bits per heavy atom. The zero-order chi connectivity index (χ0) is 16.2. The maximum atomic E-state index is 12.2. The summed E-state index contributed by atoms with van der Waals surface area (Å²) in [6, 6.07) is 11.6. The number of aromatic amines is 1. The number of hydrogen-bond acceptors (Lipinski definition) is 3. The molecule has 0 aliphatic heterocycles. The molecule has 23 heavy (non-hydrogen) atoms.